The van der Waals surface area contributed by atoms with Crippen LogP contribution in [0.25, 0.3) is 0 Å². The van der Waals surface area contributed by atoms with Gasteiger partial charge in [0, 0.05) is 18.0 Å². The maximum Gasteiger partial charge on any atom is 0.315 e. The van der Waals surface area contributed by atoms with E-state index >= 15 is 0 Å². The average Bonchev–Trinajstić information content (AvgIpc) is 2.34. The Morgan fingerprint density at radius 1 is 1.17 bits per heavy atom. The first kappa shape index (κ1) is 11.4. The Morgan fingerprint density at radius 3 is 2.78 bits per heavy atom. The molecule has 1 aliphatic carbocycles. The van der Waals surface area contributed by atoms with E-state index in [-0.39, 0.29) is 12.1 Å². The lowest BCUT2D eigenvalue weighted by molar-refractivity contribution is 0.214. The van der Waals surface area contributed by atoms with Crippen LogP contribution in [0.1, 0.15) is 37.3 Å². The van der Waals surface area contributed by atoms with Crippen molar-refractivity contribution >= 4 is 6.03 Å². The average molecular weight is 246 g/mol. The lowest BCUT2D eigenvalue weighted by Crippen LogP contribution is -2.46. The minimum atomic E-state index is -0.0543. The molecule has 4 nitrogen and oxygen atoms in total. The molecule has 18 heavy (non-hydrogen) atoms. The molecule has 1 aromatic rings. The molecule has 1 atom stereocenters. The molecule has 0 bridgehead atoms. The molecule has 1 aliphatic heterocycles. The van der Waals surface area contributed by atoms with Crippen molar-refractivity contribution in [1.29, 1.82) is 0 Å². The largest absolute Gasteiger partial charge is 0.493 e. The number of fused-ring (bicyclic) bond motifs is 1. The van der Waals surface area contributed by atoms with E-state index in [0.717, 1.165) is 30.6 Å². The number of para-hydroxylation sites is 1. The maximum atomic E-state index is 11.9. The molecule has 0 radical (unpaired) electrons. The number of amides is 2. The molecule has 96 valence electrons. The summed E-state index contributed by atoms with van der Waals surface area (Å²) in [6.07, 6.45) is 4.27. The van der Waals surface area contributed by atoms with Crippen LogP contribution in [0, 0.1) is 0 Å². The summed E-state index contributed by atoms with van der Waals surface area (Å²) >= 11 is 0. The Kier molecular flexibility index (Phi) is 3.09. The SMILES string of the molecule is O=C(NC1CCC1)NC1CCOc2ccccc21. The number of rotatable bonds is 2. The fourth-order valence-electron chi connectivity index (χ4n) is 2.43. The van der Waals surface area contributed by atoms with Gasteiger partial charge < -0.3 is 15.4 Å². The van der Waals surface area contributed by atoms with Crippen molar-refractivity contribution in [3.05, 3.63) is 29.8 Å². The zero-order chi connectivity index (χ0) is 12.4. The van der Waals surface area contributed by atoms with Gasteiger partial charge in [0.05, 0.1) is 12.6 Å². The highest BCUT2D eigenvalue weighted by molar-refractivity contribution is 5.75. The van der Waals surface area contributed by atoms with E-state index in [1.54, 1.807) is 0 Å². The number of hydrogen-bond donors (Lipinski definition) is 2. The number of ether oxygens (including phenoxy) is 1. The topological polar surface area (TPSA) is 50.4 Å². The van der Waals surface area contributed by atoms with Gasteiger partial charge in [0.1, 0.15) is 5.75 Å². The number of benzene rings is 1. The van der Waals surface area contributed by atoms with E-state index in [1.807, 2.05) is 24.3 Å². The quantitative estimate of drug-likeness (QED) is 0.841. The standard InChI is InChI=1S/C14H18N2O2/c17-14(15-10-4-3-5-10)16-12-8-9-18-13-7-2-1-6-11(12)13/h1-2,6-7,10,12H,3-5,8-9H2,(H2,15,16,17). The summed E-state index contributed by atoms with van der Waals surface area (Å²) < 4.78 is 5.58. The second-order valence-electron chi connectivity index (χ2n) is 4.97. The molecule has 1 saturated carbocycles. The highest BCUT2D eigenvalue weighted by Crippen LogP contribution is 2.31. The van der Waals surface area contributed by atoms with Crippen molar-refractivity contribution in [3.63, 3.8) is 0 Å². The normalized spacial score (nSPS) is 22.3. The molecule has 1 fully saturated rings. The van der Waals surface area contributed by atoms with Crippen molar-refractivity contribution in [2.45, 2.75) is 37.8 Å². The Bertz CT molecular complexity index is 443. The molecule has 1 unspecified atom stereocenters. The minimum Gasteiger partial charge on any atom is -0.493 e. The molecule has 2 aliphatic rings. The first-order valence-electron chi connectivity index (χ1n) is 6.62. The minimum absolute atomic E-state index is 0.0543. The van der Waals surface area contributed by atoms with Gasteiger partial charge in [-0.2, -0.15) is 0 Å². The summed E-state index contributed by atoms with van der Waals surface area (Å²) in [5, 5.41) is 6.05. The van der Waals surface area contributed by atoms with Crippen LogP contribution in [-0.4, -0.2) is 18.7 Å². The van der Waals surface area contributed by atoms with Crippen LogP contribution >= 0.6 is 0 Å². The van der Waals surface area contributed by atoms with Gasteiger partial charge in [-0.1, -0.05) is 18.2 Å². The smallest absolute Gasteiger partial charge is 0.315 e. The van der Waals surface area contributed by atoms with Crippen molar-refractivity contribution in [2.24, 2.45) is 0 Å². The van der Waals surface area contributed by atoms with Crippen LogP contribution < -0.4 is 15.4 Å². The Hall–Kier alpha value is -1.71. The molecule has 2 amide bonds. The highest BCUT2D eigenvalue weighted by atomic mass is 16.5. The summed E-state index contributed by atoms with van der Waals surface area (Å²) in [7, 11) is 0. The molecule has 0 saturated heterocycles. The zero-order valence-corrected chi connectivity index (χ0v) is 10.3. The molecule has 4 heteroatoms. The van der Waals surface area contributed by atoms with Crippen LogP contribution in [0.5, 0.6) is 5.75 Å². The van der Waals surface area contributed by atoms with E-state index in [0.29, 0.717) is 12.6 Å². The molecule has 1 heterocycles. The summed E-state index contributed by atoms with van der Waals surface area (Å²) in [5.41, 5.74) is 1.08. The third kappa shape index (κ3) is 2.28. The number of carbonyl (C=O) groups is 1. The monoisotopic (exact) mass is 246 g/mol. The molecule has 0 aromatic heterocycles. The zero-order valence-electron chi connectivity index (χ0n) is 10.3. The fraction of sp³-hybridized carbons (Fsp3) is 0.500. The van der Waals surface area contributed by atoms with Crippen molar-refractivity contribution in [1.82, 2.24) is 10.6 Å². The summed E-state index contributed by atoms with van der Waals surface area (Å²) in [6, 6.07) is 8.29. The van der Waals surface area contributed by atoms with Gasteiger partial charge in [-0.05, 0) is 25.3 Å². The first-order valence-corrected chi connectivity index (χ1v) is 6.62. The van der Waals surface area contributed by atoms with Crippen LogP contribution in [0.2, 0.25) is 0 Å². The predicted molar refractivity (Wildman–Crippen MR) is 68.6 cm³/mol. The van der Waals surface area contributed by atoms with Gasteiger partial charge in [-0.25, -0.2) is 4.79 Å². The molecule has 1 aromatic carbocycles. The number of hydrogen-bond acceptors (Lipinski definition) is 2. The number of urea groups is 1. The third-order valence-electron chi connectivity index (χ3n) is 3.70. The molecule has 0 spiro atoms. The Balaban J connectivity index is 1.64. The van der Waals surface area contributed by atoms with Crippen molar-refractivity contribution < 1.29 is 9.53 Å². The summed E-state index contributed by atoms with van der Waals surface area (Å²) in [4.78, 5) is 11.9. The van der Waals surface area contributed by atoms with Crippen LogP contribution in [0.4, 0.5) is 4.79 Å². The molecular formula is C14H18N2O2. The second-order valence-corrected chi connectivity index (χ2v) is 4.97. The van der Waals surface area contributed by atoms with Crippen LogP contribution in [0.3, 0.4) is 0 Å². The van der Waals surface area contributed by atoms with Crippen molar-refractivity contribution in [2.75, 3.05) is 6.61 Å². The van der Waals surface area contributed by atoms with Crippen LogP contribution in [-0.2, 0) is 0 Å². The van der Waals surface area contributed by atoms with Gasteiger partial charge in [-0.15, -0.1) is 0 Å². The summed E-state index contributed by atoms with van der Waals surface area (Å²) in [6.45, 7) is 0.658. The number of nitrogens with one attached hydrogen (secondary N) is 2. The van der Waals surface area contributed by atoms with Crippen LogP contribution in [0.15, 0.2) is 24.3 Å². The van der Waals surface area contributed by atoms with Gasteiger partial charge in [0.25, 0.3) is 0 Å². The van der Waals surface area contributed by atoms with E-state index < -0.39 is 0 Å². The molecule has 2 N–H and O–H groups in total. The van der Waals surface area contributed by atoms with E-state index in [9.17, 15) is 4.79 Å². The Morgan fingerprint density at radius 2 is 2.00 bits per heavy atom. The lowest BCUT2D eigenvalue weighted by Gasteiger charge is -2.30. The molecular weight excluding hydrogens is 228 g/mol. The number of carbonyl (C=O) groups excluding carboxylic acids is 1. The van der Waals surface area contributed by atoms with E-state index in [2.05, 4.69) is 10.6 Å². The van der Waals surface area contributed by atoms with Crippen molar-refractivity contribution in [3.8, 4) is 5.75 Å². The van der Waals surface area contributed by atoms with E-state index in [4.69, 9.17) is 4.74 Å². The first-order chi connectivity index (χ1) is 8.83. The van der Waals surface area contributed by atoms with Gasteiger partial charge in [0.2, 0.25) is 0 Å². The van der Waals surface area contributed by atoms with Gasteiger partial charge in [0.15, 0.2) is 0 Å². The third-order valence-corrected chi connectivity index (χ3v) is 3.70. The molecule has 3 rings (SSSR count). The van der Waals surface area contributed by atoms with Gasteiger partial charge >= 0.3 is 6.03 Å². The highest BCUT2D eigenvalue weighted by Gasteiger charge is 2.24. The summed E-state index contributed by atoms with van der Waals surface area (Å²) in [5.74, 6) is 0.887. The Labute approximate surface area is 107 Å². The predicted octanol–water partition coefficient (Wildman–Crippen LogP) is 2.36. The fourth-order valence-corrected chi connectivity index (χ4v) is 2.43. The lowest BCUT2D eigenvalue weighted by atomic mass is 9.93. The van der Waals surface area contributed by atoms with E-state index in [1.165, 1.54) is 6.42 Å². The van der Waals surface area contributed by atoms with Gasteiger partial charge in [-0.3, -0.25) is 0 Å². The maximum absolute atomic E-state index is 11.9. The second kappa shape index (κ2) is 4.88.